The molecular weight excluding hydrogens is 236 g/mol. The zero-order chi connectivity index (χ0) is 12.7. The van der Waals surface area contributed by atoms with E-state index in [1.165, 1.54) is 4.57 Å². The normalized spacial score (nSPS) is 28.0. The summed E-state index contributed by atoms with van der Waals surface area (Å²) < 4.78 is 6.98. The Morgan fingerprint density at radius 2 is 2.22 bits per heavy atom. The summed E-state index contributed by atoms with van der Waals surface area (Å²) in [4.78, 5) is 14.6. The van der Waals surface area contributed by atoms with Crippen molar-refractivity contribution in [3.05, 3.63) is 34.7 Å². The van der Waals surface area contributed by atoms with Crippen molar-refractivity contribution in [3.63, 3.8) is 0 Å². The number of aromatic amines is 1. The average Bonchev–Trinajstić information content (AvgIpc) is 2.88. The lowest BCUT2D eigenvalue weighted by molar-refractivity contribution is -0.0440. The third kappa shape index (κ3) is 1.66. The zero-order valence-electron chi connectivity index (χ0n) is 9.61. The second kappa shape index (κ2) is 4.24. The second-order valence-electron chi connectivity index (χ2n) is 4.43. The average molecular weight is 250 g/mol. The van der Waals surface area contributed by atoms with Gasteiger partial charge in [-0.2, -0.15) is 0 Å². The van der Waals surface area contributed by atoms with Gasteiger partial charge in [0, 0.05) is 6.42 Å². The van der Waals surface area contributed by atoms with E-state index in [1.54, 1.807) is 0 Å². The molecule has 0 bridgehead atoms. The van der Waals surface area contributed by atoms with Crippen LogP contribution in [0, 0.1) is 0 Å². The van der Waals surface area contributed by atoms with Gasteiger partial charge in [0.1, 0.15) is 12.3 Å². The molecule has 18 heavy (non-hydrogen) atoms. The van der Waals surface area contributed by atoms with Crippen LogP contribution in [0.1, 0.15) is 12.6 Å². The number of para-hydroxylation sites is 2. The molecule has 0 saturated carbocycles. The van der Waals surface area contributed by atoms with Crippen LogP contribution < -0.4 is 5.69 Å². The molecular formula is C12H14N2O4. The Balaban J connectivity index is 2.05. The van der Waals surface area contributed by atoms with E-state index in [2.05, 4.69) is 4.98 Å². The number of hydrogen-bond donors (Lipinski definition) is 3. The van der Waals surface area contributed by atoms with Crippen LogP contribution in [0.3, 0.4) is 0 Å². The van der Waals surface area contributed by atoms with Crippen LogP contribution in [-0.4, -0.2) is 38.6 Å². The second-order valence-corrected chi connectivity index (χ2v) is 4.43. The van der Waals surface area contributed by atoms with Crippen LogP contribution in [0.15, 0.2) is 29.1 Å². The number of aromatic nitrogens is 2. The first-order chi connectivity index (χ1) is 8.70. The van der Waals surface area contributed by atoms with Gasteiger partial charge in [0.2, 0.25) is 0 Å². The van der Waals surface area contributed by atoms with E-state index in [9.17, 15) is 9.90 Å². The number of ether oxygens (including phenoxy) is 1. The minimum Gasteiger partial charge on any atom is -0.394 e. The molecule has 1 unspecified atom stereocenters. The minimum atomic E-state index is -0.749. The quantitative estimate of drug-likeness (QED) is 0.698. The summed E-state index contributed by atoms with van der Waals surface area (Å²) in [5.74, 6) is 0. The summed E-state index contributed by atoms with van der Waals surface area (Å²) in [6.07, 6.45) is -1.62. The highest BCUT2D eigenvalue weighted by atomic mass is 16.5. The maximum Gasteiger partial charge on any atom is 0.328 e. The molecule has 2 aromatic rings. The summed E-state index contributed by atoms with van der Waals surface area (Å²) in [5.41, 5.74) is 1.19. The van der Waals surface area contributed by atoms with Crippen LogP contribution in [-0.2, 0) is 4.74 Å². The molecule has 6 nitrogen and oxygen atoms in total. The van der Waals surface area contributed by atoms with Gasteiger partial charge < -0.3 is 19.9 Å². The van der Waals surface area contributed by atoms with E-state index >= 15 is 0 Å². The lowest BCUT2D eigenvalue weighted by Gasteiger charge is -2.13. The molecule has 96 valence electrons. The monoisotopic (exact) mass is 250 g/mol. The standard InChI is InChI=1S/C12H14N2O4/c15-6-10-9(16)5-11(18-10)14-8-4-2-1-3-7(8)13-12(14)17/h1-4,9-11,15-16H,5-6H2,(H,13,17)/t9?,10-,11-/m1/s1. The fourth-order valence-electron chi connectivity index (χ4n) is 2.40. The number of aliphatic hydroxyl groups excluding tert-OH is 2. The van der Waals surface area contributed by atoms with Crippen LogP contribution in [0.25, 0.3) is 11.0 Å². The molecule has 0 aliphatic carbocycles. The number of nitrogens with zero attached hydrogens (tertiary/aromatic N) is 1. The number of benzene rings is 1. The van der Waals surface area contributed by atoms with E-state index in [1.807, 2.05) is 24.3 Å². The van der Waals surface area contributed by atoms with E-state index in [0.29, 0.717) is 6.42 Å². The van der Waals surface area contributed by atoms with Gasteiger partial charge in [-0.25, -0.2) is 4.79 Å². The molecule has 6 heteroatoms. The molecule has 3 N–H and O–H groups in total. The molecule has 0 amide bonds. The Labute approximate surface area is 102 Å². The number of hydrogen-bond acceptors (Lipinski definition) is 4. The predicted octanol–water partition coefficient (Wildman–Crippen LogP) is -0.0297. The van der Waals surface area contributed by atoms with Crippen LogP contribution in [0.5, 0.6) is 0 Å². The van der Waals surface area contributed by atoms with Crippen molar-refractivity contribution in [1.29, 1.82) is 0 Å². The van der Waals surface area contributed by atoms with Crippen molar-refractivity contribution in [2.45, 2.75) is 24.9 Å². The van der Waals surface area contributed by atoms with Gasteiger partial charge >= 0.3 is 5.69 Å². The topological polar surface area (TPSA) is 87.5 Å². The number of fused-ring (bicyclic) bond motifs is 1. The number of nitrogens with one attached hydrogen (secondary N) is 1. The summed E-state index contributed by atoms with van der Waals surface area (Å²) in [5, 5.41) is 18.8. The number of aliphatic hydroxyl groups is 2. The highest BCUT2D eigenvalue weighted by molar-refractivity contribution is 5.75. The van der Waals surface area contributed by atoms with Crippen molar-refractivity contribution in [2.24, 2.45) is 0 Å². The van der Waals surface area contributed by atoms with Crippen molar-refractivity contribution in [1.82, 2.24) is 9.55 Å². The largest absolute Gasteiger partial charge is 0.394 e. The maximum atomic E-state index is 11.9. The summed E-state index contributed by atoms with van der Waals surface area (Å²) in [6.45, 7) is -0.255. The molecule has 0 radical (unpaired) electrons. The van der Waals surface area contributed by atoms with Crippen LogP contribution in [0.4, 0.5) is 0 Å². The van der Waals surface area contributed by atoms with Gasteiger partial charge in [0.25, 0.3) is 0 Å². The molecule has 2 heterocycles. The molecule has 3 rings (SSSR count). The SMILES string of the molecule is O=c1[nH]c2ccccc2n1[C@H]1CC(O)[C@@H](CO)O1. The first-order valence-electron chi connectivity index (χ1n) is 5.84. The molecule has 1 aliphatic rings. The lowest BCUT2D eigenvalue weighted by Crippen LogP contribution is -2.25. The third-order valence-electron chi connectivity index (χ3n) is 3.30. The van der Waals surface area contributed by atoms with Gasteiger partial charge in [-0.05, 0) is 12.1 Å². The minimum absolute atomic E-state index is 0.255. The van der Waals surface area contributed by atoms with Gasteiger partial charge in [-0.15, -0.1) is 0 Å². The van der Waals surface area contributed by atoms with Crippen molar-refractivity contribution < 1.29 is 14.9 Å². The Morgan fingerprint density at radius 1 is 1.44 bits per heavy atom. The summed E-state index contributed by atoms with van der Waals surface area (Å²) >= 11 is 0. The summed E-state index contributed by atoms with van der Waals surface area (Å²) in [7, 11) is 0. The molecule has 0 spiro atoms. The van der Waals surface area contributed by atoms with Crippen LogP contribution in [0.2, 0.25) is 0 Å². The van der Waals surface area contributed by atoms with E-state index in [0.717, 1.165) is 11.0 Å². The predicted molar refractivity (Wildman–Crippen MR) is 64.2 cm³/mol. The zero-order valence-corrected chi connectivity index (χ0v) is 9.61. The first kappa shape index (κ1) is 11.5. The van der Waals surface area contributed by atoms with Crippen LogP contribution >= 0.6 is 0 Å². The van der Waals surface area contributed by atoms with Gasteiger partial charge in [0.05, 0.1) is 23.7 Å². The maximum absolute atomic E-state index is 11.9. The van der Waals surface area contributed by atoms with E-state index < -0.39 is 18.4 Å². The fourth-order valence-corrected chi connectivity index (χ4v) is 2.40. The third-order valence-corrected chi connectivity index (χ3v) is 3.30. The van der Waals surface area contributed by atoms with Crippen molar-refractivity contribution in [3.8, 4) is 0 Å². The Kier molecular flexibility index (Phi) is 2.70. The molecule has 1 aromatic heterocycles. The van der Waals surface area contributed by atoms with E-state index in [-0.39, 0.29) is 12.3 Å². The van der Waals surface area contributed by atoms with Crippen molar-refractivity contribution >= 4 is 11.0 Å². The molecule has 1 aliphatic heterocycles. The molecule has 1 aromatic carbocycles. The number of H-pyrrole nitrogens is 1. The molecule has 1 saturated heterocycles. The van der Waals surface area contributed by atoms with Crippen molar-refractivity contribution in [2.75, 3.05) is 6.61 Å². The number of rotatable bonds is 2. The highest BCUT2D eigenvalue weighted by Crippen LogP contribution is 2.29. The van der Waals surface area contributed by atoms with Gasteiger partial charge in [-0.1, -0.05) is 12.1 Å². The Morgan fingerprint density at radius 3 is 2.94 bits per heavy atom. The summed E-state index contributed by atoms with van der Waals surface area (Å²) in [6, 6.07) is 7.29. The van der Waals surface area contributed by atoms with Gasteiger partial charge in [-0.3, -0.25) is 4.57 Å². The van der Waals surface area contributed by atoms with Gasteiger partial charge in [0.15, 0.2) is 0 Å². The highest BCUT2D eigenvalue weighted by Gasteiger charge is 2.35. The smallest absolute Gasteiger partial charge is 0.328 e. The first-order valence-corrected chi connectivity index (χ1v) is 5.84. The lowest BCUT2D eigenvalue weighted by atomic mass is 10.2. The number of imidazole rings is 1. The molecule has 3 atom stereocenters. The van der Waals surface area contributed by atoms with E-state index in [4.69, 9.17) is 9.84 Å². The Bertz CT molecular complexity index is 618. The fraction of sp³-hybridized carbons (Fsp3) is 0.417. The molecule has 1 fully saturated rings. The Hall–Kier alpha value is -1.63.